The number of benzene rings is 2. The predicted octanol–water partition coefficient (Wildman–Crippen LogP) is 5.02. The number of amides is 1. The number of carbonyl (C=O) groups excluding carboxylic acids is 1. The zero-order chi connectivity index (χ0) is 24.5. The Kier molecular flexibility index (Phi) is 6.02. The SMILES string of the molecule is O=C(NC(CO)c1ccc(F)c(Cl)c1)c1cc(-c2n[nH]c3ncc(-c4ccc(F)cc4)cc23)c[nH]1. The van der Waals surface area contributed by atoms with E-state index in [1.807, 2.05) is 6.07 Å². The minimum atomic E-state index is -0.777. The van der Waals surface area contributed by atoms with Crippen LogP contribution in [0.1, 0.15) is 22.1 Å². The topological polar surface area (TPSA) is 107 Å². The van der Waals surface area contributed by atoms with Crippen molar-refractivity contribution in [2.75, 3.05) is 6.61 Å². The maximum atomic E-state index is 13.5. The summed E-state index contributed by atoms with van der Waals surface area (Å²) in [5.74, 6) is -1.38. The van der Waals surface area contributed by atoms with Crippen molar-refractivity contribution in [3.05, 3.63) is 94.9 Å². The van der Waals surface area contributed by atoms with Gasteiger partial charge < -0.3 is 15.4 Å². The molecule has 10 heteroatoms. The Morgan fingerprint density at radius 2 is 1.86 bits per heavy atom. The Bertz CT molecular complexity index is 1530. The maximum Gasteiger partial charge on any atom is 0.268 e. The van der Waals surface area contributed by atoms with E-state index in [4.69, 9.17) is 11.6 Å². The van der Waals surface area contributed by atoms with E-state index in [9.17, 15) is 18.7 Å². The fourth-order valence-corrected chi connectivity index (χ4v) is 3.97. The minimum Gasteiger partial charge on any atom is -0.394 e. The van der Waals surface area contributed by atoms with E-state index >= 15 is 0 Å². The van der Waals surface area contributed by atoms with Gasteiger partial charge in [-0.2, -0.15) is 5.10 Å². The lowest BCUT2D eigenvalue weighted by Gasteiger charge is -2.16. The molecule has 0 bridgehead atoms. The van der Waals surface area contributed by atoms with Crippen molar-refractivity contribution in [1.29, 1.82) is 0 Å². The lowest BCUT2D eigenvalue weighted by atomic mass is 10.0. The molecule has 4 N–H and O–H groups in total. The molecule has 0 saturated carbocycles. The highest BCUT2D eigenvalue weighted by molar-refractivity contribution is 6.30. The van der Waals surface area contributed by atoms with E-state index in [0.29, 0.717) is 22.5 Å². The number of aliphatic hydroxyl groups excluding tert-OH is 1. The van der Waals surface area contributed by atoms with E-state index in [-0.39, 0.29) is 16.5 Å². The van der Waals surface area contributed by atoms with Crippen molar-refractivity contribution in [2.45, 2.75) is 6.04 Å². The summed E-state index contributed by atoms with van der Waals surface area (Å²) in [6.45, 7) is -0.400. The number of hydrogen-bond acceptors (Lipinski definition) is 4. The Labute approximate surface area is 202 Å². The average molecular weight is 494 g/mol. The monoisotopic (exact) mass is 493 g/mol. The number of nitrogens with one attached hydrogen (secondary N) is 3. The van der Waals surface area contributed by atoms with Gasteiger partial charge in [0.25, 0.3) is 5.91 Å². The summed E-state index contributed by atoms with van der Waals surface area (Å²) in [4.78, 5) is 20.1. The maximum absolute atomic E-state index is 13.5. The molecule has 0 spiro atoms. The normalized spacial score (nSPS) is 12.1. The molecule has 176 valence electrons. The number of rotatable bonds is 6. The van der Waals surface area contributed by atoms with Crippen LogP contribution in [-0.4, -0.2) is 37.8 Å². The highest BCUT2D eigenvalue weighted by Gasteiger charge is 2.19. The second-order valence-corrected chi connectivity index (χ2v) is 8.29. The van der Waals surface area contributed by atoms with Crippen molar-refractivity contribution in [2.24, 2.45) is 0 Å². The molecule has 1 unspecified atom stereocenters. The van der Waals surface area contributed by atoms with E-state index in [1.165, 1.54) is 30.3 Å². The second kappa shape index (κ2) is 9.28. The summed E-state index contributed by atoms with van der Waals surface area (Å²) in [7, 11) is 0. The van der Waals surface area contributed by atoms with Crippen LogP contribution in [0.5, 0.6) is 0 Å². The molecule has 1 amide bonds. The Morgan fingerprint density at radius 3 is 2.60 bits per heavy atom. The standard InChI is InChI=1S/C25H18ClF2N5O2/c26-19-8-14(3-6-20(19)28)22(12-34)31-25(35)21-9-16(11-29-21)23-18-7-15(10-30-24(18)33-32-23)13-1-4-17(27)5-2-13/h1-11,22,29,34H,12H2,(H,31,35)(H,30,32,33). The highest BCUT2D eigenvalue weighted by Crippen LogP contribution is 2.30. The van der Waals surface area contributed by atoms with Crippen LogP contribution >= 0.6 is 11.6 Å². The molecule has 35 heavy (non-hydrogen) atoms. The fraction of sp³-hybridized carbons (Fsp3) is 0.0800. The third-order valence-corrected chi connectivity index (χ3v) is 5.92. The van der Waals surface area contributed by atoms with Crippen LogP contribution in [0.4, 0.5) is 8.78 Å². The molecule has 3 heterocycles. The number of carbonyl (C=O) groups is 1. The van der Waals surface area contributed by atoms with Crippen LogP contribution in [0, 0.1) is 11.6 Å². The Hall–Kier alpha value is -4.08. The van der Waals surface area contributed by atoms with E-state index < -0.39 is 24.4 Å². The van der Waals surface area contributed by atoms with Gasteiger partial charge in [0, 0.05) is 28.9 Å². The number of hydrogen-bond donors (Lipinski definition) is 4. The van der Waals surface area contributed by atoms with Gasteiger partial charge in [0.1, 0.15) is 23.0 Å². The first-order chi connectivity index (χ1) is 16.9. The van der Waals surface area contributed by atoms with Gasteiger partial charge in [-0.3, -0.25) is 9.89 Å². The number of halogens is 3. The van der Waals surface area contributed by atoms with Crippen LogP contribution in [0.2, 0.25) is 5.02 Å². The van der Waals surface area contributed by atoms with Crippen LogP contribution in [0.15, 0.2) is 67.0 Å². The number of aromatic amines is 2. The van der Waals surface area contributed by atoms with Crippen molar-refractivity contribution < 1.29 is 18.7 Å². The van der Waals surface area contributed by atoms with Crippen LogP contribution < -0.4 is 5.32 Å². The number of aliphatic hydroxyl groups is 1. The largest absolute Gasteiger partial charge is 0.394 e. The first-order valence-electron chi connectivity index (χ1n) is 10.6. The lowest BCUT2D eigenvalue weighted by molar-refractivity contribution is 0.0911. The summed E-state index contributed by atoms with van der Waals surface area (Å²) in [6.07, 6.45) is 3.31. The second-order valence-electron chi connectivity index (χ2n) is 7.88. The van der Waals surface area contributed by atoms with Gasteiger partial charge in [-0.25, -0.2) is 13.8 Å². The third kappa shape index (κ3) is 4.51. The number of aromatic nitrogens is 4. The molecule has 1 atom stereocenters. The number of fused-ring (bicyclic) bond motifs is 1. The minimum absolute atomic E-state index is 0.101. The molecule has 5 rings (SSSR count). The first-order valence-corrected chi connectivity index (χ1v) is 11.0. The molecule has 0 fully saturated rings. The van der Waals surface area contributed by atoms with E-state index in [2.05, 4.69) is 25.5 Å². The average Bonchev–Trinajstić information content (AvgIpc) is 3.51. The van der Waals surface area contributed by atoms with Gasteiger partial charge in [0.2, 0.25) is 0 Å². The Balaban J connectivity index is 1.41. The van der Waals surface area contributed by atoms with Crippen molar-refractivity contribution in [1.82, 2.24) is 25.5 Å². The summed E-state index contributed by atoms with van der Waals surface area (Å²) in [6, 6.07) is 12.8. The summed E-state index contributed by atoms with van der Waals surface area (Å²) in [5.41, 5.74) is 4.09. The molecule has 0 aliphatic carbocycles. The van der Waals surface area contributed by atoms with Gasteiger partial charge >= 0.3 is 0 Å². The molecule has 0 radical (unpaired) electrons. The van der Waals surface area contributed by atoms with Crippen LogP contribution in [-0.2, 0) is 0 Å². The zero-order valence-corrected chi connectivity index (χ0v) is 18.8. The van der Waals surface area contributed by atoms with Crippen molar-refractivity contribution >= 4 is 28.5 Å². The molecule has 0 saturated heterocycles. The molecule has 0 aliphatic rings. The van der Waals surface area contributed by atoms with Crippen molar-refractivity contribution in [3.63, 3.8) is 0 Å². The molecule has 5 aromatic rings. The molecular formula is C25H18ClF2N5O2. The quantitative estimate of drug-likeness (QED) is 0.266. The molecule has 0 aliphatic heterocycles. The summed E-state index contributed by atoms with van der Waals surface area (Å²) >= 11 is 5.83. The summed E-state index contributed by atoms with van der Waals surface area (Å²) < 4.78 is 26.8. The third-order valence-electron chi connectivity index (χ3n) is 5.63. The number of H-pyrrole nitrogens is 2. The molecule has 2 aromatic carbocycles. The van der Waals surface area contributed by atoms with Crippen molar-refractivity contribution in [3.8, 4) is 22.4 Å². The van der Waals surface area contributed by atoms with Crippen LogP contribution in [0.25, 0.3) is 33.4 Å². The lowest BCUT2D eigenvalue weighted by Crippen LogP contribution is -2.31. The van der Waals surface area contributed by atoms with Gasteiger partial charge in [-0.1, -0.05) is 29.8 Å². The van der Waals surface area contributed by atoms with E-state index in [1.54, 1.807) is 30.6 Å². The molecule has 3 aromatic heterocycles. The molecular weight excluding hydrogens is 476 g/mol. The molecule has 7 nitrogen and oxygen atoms in total. The van der Waals surface area contributed by atoms with Gasteiger partial charge in [0.05, 0.1) is 17.7 Å². The highest BCUT2D eigenvalue weighted by atomic mass is 35.5. The Morgan fingerprint density at radius 1 is 1.06 bits per heavy atom. The summed E-state index contributed by atoms with van der Waals surface area (Å²) in [5, 5.41) is 20.3. The predicted molar refractivity (Wildman–Crippen MR) is 128 cm³/mol. The van der Waals surface area contributed by atoms with Gasteiger partial charge in [-0.05, 0) is 47.5 Å². The van der Waals surface area contributed by atoms with Gasteiger partial charge in [0.15, 0.2) is 5.65 Å². The number of pyridine rings is 1. The van der Waals surface area contributed by atoms with Crippen LogP contribution in [0.3, 0.4) is 0 Å². The zero-order valence-electron chi connectivity index (χ0n) is 18.0. The van der Waals surface area contributed by atoms with Gasteiger partial charge in [-0.15, -0.1) is 0 Å². The first kappa shape index (κ1) is 22.7. The number of nitrogens with zero attached hydrogens (tertiary/aromatic N) is 2. The van der Waals surface area contributed by atoms with E-state index in [0.717, 1.165) is 16.5 Å². The fourth-order valence-electron chi connectivity index (χ4n) is 3.79. The smallest absolute Gasteiger partial charge is 0.268 e.